The van der Waals surface area contributed by atoms with Crippen LogP contribution in [0.25, 0.3) is 11.1 Å². The number of nitrogens with one attached hydrogen (secondary N) is 2. The highest BCUT2D eigenvalue weighted by atomic mass is 16.5. The zero-order chi connectivity index (χ0) is 24.4. The van der Waals surface area contributed by atoms with Crippen molar-refractivity contribution in [1.82, 2.24) is 15.1 Å². The Kier molecular flexibility index (Phi) is 6.07. The number of nitrogens with zero attached hydrogens (tertiary/aromatic N) is 3. The minimum Gasteiger partial charge on any atom is -0.497 e. The molecule has 3 amide bonds. The van der Waals surface area contributed by atoms with Crippen LogP contribution in [0.1, 0.15) is 19.3 Å². The Morgan fingerprint density at radius 2 is 1.77 bits per heavy atom. The molecule has 1 aromatic heterocycles. The zero-order valence-corrected chi connectivity index (χ0v) is 19.9. The maximum absolute atomic E-state index is 13.6. The van der Waals surface area contributed by atoms with Gasteiger partial charge in [0.05, 0.1) is 25.8 Å². The Morgan fingerprint density at radius 3 is 2.43 bits per heavy atom. The summed E-state index contributed by atoms with van der Waals surface area (Å²) in [4.78, 5) is 30.0. The second-order valence-corrected chi connectivity index (χ2v) is 9.00. The Morgan fingerprint density at radius 1 is 1.03 bits per heavy atom. The average Bonchev–Trinajstić information content (AvgIpc) is 3.54. The zero-order valence-electron chi connectivity index (χ0n) is 19.9. The van der Waals surface area contributed by atoms with E-state index in [1.807, 2.05) is 53.6 Å². The number of likely N-dealkylation sites (tertiary alicyclic amines) is 1. The minimum atomic E-state index is -0.423. The SMILES string of the molecule is COc1ccc(NC(=O)N2CCC3(CC2)CCN(c2ccc(-c4cn[nH]c4)c(OC)c2)C3=O)cc1. The molecule has 182 valence electrons. The van der Waals surface area contributed by atoms with Crippen molar-refractivity contribution in [3.63, 3.8) is 0 Å². The van der Waals surface area contributed by atoms with Crippen LogP contribution >= 0.6 is 0 Å². The first kappa shape index (κ1) is 22.8. The molecule has 2 aliphatic rings. The average molecular weight is 476 g/mol. The highest BCUT2D eigenvalue weighted by molar-refractivity contribution is 6.00. The van der Waals surface area contributed by atoms with Crippen LogP contribution in [0, 0.1) is 5.41 Å². The van der Waals surface area contributed by atoms with Gasteiger partial charge in [-0.1, -0.05) is 0 Å². The van der Waals surface area contributed by atoms with Crippen molar-refractivity contribution < 1.29 is 19.1 Å². The smallest absolute Gasteiger partial charge is 0.321 e. The minimum absolute atomic E-state index is 0.130. The first-order chi connectivity index (χ1) is 17.0. The van der Waals surface area contributed by atoms with Crippen LogP contribution in [0.4, 0.5) is 16.2 Å². The molecule has 9 nitrogen and oxygen atoms in total. The molecule has 9 heteroatoms. The van der Waals surface area contributed by atoms with E-state index in [4.69, 9.17) is 9.47 Å². The molecule has 5 rings (SSSR count). The maximum atomic E-state index is 13.6. The number of methoxy groups -OCH3 is 2. The van der Waals surface area contributed by atoms with Gasteiger partial charge in [0.2, 0.25) is 5.91 Å². The summed E-state index contributed by atoms with van der Waals surface area (Å²) in [7, 11) is 3.23. The number of ether oxygens (including phenoxy) is 2. The fourth-order valence-electron chi connectivity index (χ4n) is 5.03. The topological polar surface area (TPSA) is 99.8 Å². The number of piperidine rings is 1. The number of aromatic nitrogens is 2. The second-order valence-electron chi connectivity index (χ2n) is 9.00. The number of hydrogen-bond acceptors (Lipinski definition) is 5. The molecule has 2 N–H and O–H groups in total. The van der Waals surface area contributed by atoms with Crippen molar-refractivity contribution in [3.05, 3.63) is 54.9 Å². The fraction of sp³-hybridized carbons (Fsp3) is 0.346. The Labute approximate surface area is 204 Å². The largest absolute Gasteiger partial charge is 0.497 e. The molecule has 0 aliphatic carbocycles. The number of rotatable bonds is 5. The van der Waals surface area contributed by atoms with E-state index in [0.717, 1.165) is 29.0 Å². The maximum Gasteiger partial charge on any atom is 0.321 e. The van der Waals surface area contributed by atoms with Gasteiger partial charge in [0, 0.05) is 54.4 Å². The van der Waals surface area contributed by atoms with Crippen molar-refractivity contribution in [3.8, 4) is 22.6 Å². The molecule has 3 heterocycles. The molecule has 2 aliphatic heterocycles. The number of amides is 3. The Bertz CT molecular complexity index is 1200. The molecule has 2 aromatic carbocycles. The first-order valence-electron chi connectivity index (χ1n) is 11.7. The monoisotopic (exact) mass is 475 g/mol. The molecular weight excluding hydrogens is 446 g/mol. The van der Waals surface area contributed by atoms with Gasteiger partial charge >= 0.3 is 6.03 Å². The summed E-state index contributed by atoms with van der Waals surface area (Å²) in [5.74, 6) is 1.56. The number of aromatic amines is 1. The number of H-pyrrole nitrogens is 1. The predicted molar refractivity (Wildman–Crippen MR) is 133 cm³/mol. The van der Waals surface area contributed by atoms with Crippen molar-refractivity contribution in [2.75, 3.05) is 44.1 Å². The summed E-state index contributed by atoms with van der Waals surface area (Å²) >= 11 is 0. The van der Waals surface area contributed by atoms with Gasteiger partial charge in [-0.05, 0) is 55.7 Å². The summed E-state index contributed by atoms with van der Waals surface area (Å²) in [6, 6.07) is 12.9. The Balaban J connectivity index is 1.24. The molecule has 0 bridgehead atoms. The van der Waals surface area contributed by atoms with E-state index in [1.165, 1.54) is 0 Å². The summed E-state index contributed by atoms with van der Waals surface area (Å²) < 4.78 is 10.8. The second kappa shape index (κ2) is 9.32. The normalized spacial score (nSPS) is 17.0. The van der Waals surface area contributed by atoms with Gasteiger partial charge in [0.1, 0.15) is 11.5 Å². The molecule has 3 aromatic rings. The van der Waals surface area contributed by atoms with E-state index in [-0.39, 0.29) is 11.9 Å². The lowest BCUT2D eigenvalue weighted by Crippen LogP contribution is -2.47. The quantitative estimate of drug-likeness (QED) is 0.578. The predicted octanol–water partition coefficient (Wildman–Crippen LogP) is 4.14. The van der Waals surface area contributed by atoms with E-state index in [1.54, 1.807) is 25.3 Å². The van der Waals surface area contributed by atoms with E-state index in [2.05, 4.69) is 15.5 Å². The van der Waals surface area contributed by atoms with E-state index < -0.39 is 5.41 Å². The molecule has 2 saturated heterocycles. The molecule has 35 heavy (non-hydrogen) atoms. The number of anilines is 2. The van der Waals surface area contributed by atoms with Gasteiger partial charge in [-0.2, -0.15) is 5.10 Å². The molecule has 0 unspecified atom stereocenters. The standard InChI is InChI=1S/C26H29N5O4/c1-34-21-6-3-19(4-7-21)29-25(33)30-12-9-26(10-13-30)11-14-31(24(26)32)20-5-8-22(23(15-20)35-2)18-16-27-28-17-18/h3-8,15-17H,9-14H2,1-2H3,(H,27,28)(H,29,33). The molecule has 0 saturated carbocycles. The number of carbonyl (C=O) groups excluding carboxylic acids is 2. The van der Waals surface area contributed by atoms with Crippen molar-refractivity contribution in [2.24, 2.45) is 5.41 Å². The lowest BCUT2D eigenvalue weighted by atomic mass is 9.77. The van der Waals surface area contributed by atoms with E-state index in [9.17, 15) is 9.59 Å². The lowest BCUT2D eigenvalue weighted by Gasteiger charge is -2.37. The third-order valence-electron chi connectivity index (χ3n) is 7.17. The number of carbonyl (C=O) groups is 2. The van der Waals surface area contributed by atoms with Crippen LogP contribution in [0.5, 0.6) is 11.5 Å². The number of hydrogen-bond donors (Lipinski definition) is 2. The van der Waals surface area contributed by atoms with Gasteiger partial charge < -0.3 is 24.6 Å². The van der Waals surface area contributed by atoms with Crippen LogP contribution in [-0.2, 0) is 4.79 Å². The fourth-order valence-corrected chi connectivity index (χ4v) is 5.03. The Hall–Kier alpha value is -4.01. The number of benzene rings is 2. The first-order valence-corrected chi connectivity index (χ1v) is 11.7. The van der Waals surface area contributed by atoms with Crippen LogP contribution < -0.4 is 19.7 Å². The third-order valence-corrected chi connectivity index (χ3v) is 7.17. The van der Waals surface area contributed by atoms with Crippen LogP contribution in [0.2, 0.25) is 0 Å². The molecular formula is C26H29N5O4. The van der Waals surface area contributed by atoms with E-state index >= 15 is 0 Å². The summed E-state index contributed by atoms with van der Waals surface area (Å²) in [6.45, 7) is 1.75. The highest BCUT2D eigenvalue weighted by Crippen LogP contribution is 2.44. The number of urea groups is 1. The van der Waals surface area contributed by atoms with Crippen molar-refractivity contribution in [1.29, 1.82) is 0 Å². The summed E-state index contributed by atoms with van der Waals surface area (Å²) in [5.41, 5.74) is 2.97. The molecule has 0 radical (unpaired) electrons. The summed E-state index contributed by atoms with van der Waals surface area (Å²) in [5, 5.41) is 9.76. The van der Waals surface area contributed by atoms with Gasteiger partial charge in [-0.15, -0.1) is 0 Å². The summed E-state index contributed by atoms with van der Waals surface area (Å²) in [6.07, 6.45) is 5.65. The van der Waals surface area contributed by atoms with Crippen LogP contribution in [-0.4, -0.2) is 60.9 Å². The van der Waals surface area contributed by atoms with Gasteiger partial charge in [0.25, 0.3) is 0 Å². The third kappa shape index (κ3) is 4.29. The van der Waals surface area contributed by atoms with Gasteiger partial charge in [0.15, 0.2) is 0 Å². The van der Waals surface area contributed by atoms with Crippen molar-refractivity contribution >= 4 is 23.3 Å². The highest BCUT2D eigenvalue weighted by Gasteiger charge is 2.49. The van der Waals surface area contributed by atoms with Gasteiger partial charge in [-0.25, -0.2) is 4.79 Å². The van der Waals surface area contributed by atoms with Crippen LogP contribution in [0.3, 0.4) is 0 Å². The van der Waals surface area contributed by atoms with E-state index in [0.29, 0.717) is 43.9 Å². The molecule has 1 spiro atoms. The van der Waals surface area contributed by atoms with Gasteiger partial charge in [-0.3, -0.25) is 9.89 Å². The molecule has 2 fully saturated rings. The van der Waals surface area contributed by atoms with Crippen molar-refractivity contribution in [2.45, 2.75) is 19.3 Å². The van der Waals surface area contributed by atoms with Crippen LogP contribution in [0.15, 0.2) is 54.9 Å². The lowest BCUT2D eigenvalue weighted by molar-refractivity contribution is -0.127. The molecule has 0 atom stereocenters.